The molecule has 190 valence electrons. The summed E-state index contributed by atoms with van der Waals surface area (Å²) in [7, 11) is 0. The minimum absolute atomic E-state index is 0.266. The van der Waals surface area contributed by atoms with Gasteiger partial charge in [-0.1, -0.05) is 55.0 Å². The van der Waals surface area contributed by atoms with Crippen molar-refractivity contribution in [3.63, 3.8) is 0 Å². The highest BCUT2D eigenvalue weighted by atomic mass is 19.1. The molecule has 7 heteroatoms. The number of carbonyl (C=O) groups is 1. The number of para-hydroxylation sites is 1. The van der Waals surface area contributed by atoms with Crippen LogP contribution in [0.5, 0.6) is 0 Å². The number of urea groups is 1. The van der Waals surface area contributed by atoms with Gasteiger partial charge in [-0.25, -0.2) is 13.9 Å². The summed E-state index contributed by atoms with van der Waals surface area (Å²) in [5.74, 6) is 0.547. The Kier molecular flexibility index (Phi) is 6.04. The van der Waals surface area contributed by atoms with E-state index in [0.29, 0.717) is 24.2 Å². The van der Waals surface area contributed by atoms with Gasteiger partial charge >= 0.3 is 6.03 Å². The molecule has 5 aromatic rings. The maximum absolute atomic E-state index is 14.5. The summed E-state index contributed by atoms with van der Waals surface area (Å²) < 4.78 is 18.5. The third kappa shape index (κ3) is 4.16. The Bertz CT molecular complexity index is 1600. The molecule has 0 unspecified atom stereocenters. The van der Waals surface area contributed by atoms with Gasteiger partial charge in [-0.15, -0.1) is 0 Å². The van der Waals surface area contributed by atoms with Crippen molar-refractivity contribution in [3.8, 4) is 11.5 Å². The first-order chi connectivity index (χ1) is 18.5. The largest absolute Gasteiger partial charge is 0.322 e. The molecule has 6 nitrogen and oxygen atoms in total. The van der Waals surface area contributed by atoms with Crippen molar-refractivity contribution in [1.82, 2.24) is 19.2 Å². The average molecular weight is 506 g/mol. The molecule has 3 heterocycles. The van der Waals surface area contributed by atoms with Crippen molar-refractivity contribution >= 4 is 11.7 Å². The Morgan fingerprint density at radius 3 is 2.53 bits per heavy atom. The van der Waals surface area contributed by atoms with Crippen LogP contribution in [0.25, 0.3) is 11.5 Å². The lowest BCUT2D eigenvalue weighted by Crippen LogP contribution is -2.38. The van der Waals surface area contributed by atoms with Crippen LogP contribution in [0.3, 0.4) is 0 Å². The van der Waals surface area contributed by atoms with E-state index in [1.807, 2.05) is 90.6 Å². The molecule has 6 rings (SSSR count). The SMILES string of the molecule is CCc1nn(-c2ccccc2)c2c1CN(C(=O)Nc1ccc(C)cc1)[C@H](c1cccc(F)c1)c1cccn1-2. The lowest BCUT2D eigenvalue weighted by Gasteiger charge is -2.31. The lowest BCUT2D eigenvalue weighted by molar-refractivity contribution is 0.194. The number of aromatic nitrogens is 3. The first kappa shape index (κ1) is 23.7. The van der Waals surface area contributed by atoms with Crippen molar-refractivity contribution in [2.45, 2.75) is 32.9 Å². The van der Waals surface area contributed by atoms with Gasteiger partial charge in [0.2, 0.25) is 0 Å². The van der Waals surface area contributed by atoms with Crippen LogP contribution in [0.2, 0.25) is 0 Å². The van der Waals surface area contributed by atoms with E-state index < -0.39 is 6.04 Å². The monoisotopic (exact) mass is 505 g/mol. The molecule has 2 aromatic heterocycles. The number of hydrogen-bond acceptors (Lipinski definition) is 2. The zero-order valence-electron chi connectivity index (χ0n) is 21.3. The highest BCUT2D eigenvalue weighted by Crippen LogP contribution is 2.39. The molecule has 0 saturated heterocycles. The number of benzene rings is 3. The molecule has 1 aliphatic heterocycles. The summed E-state index contributed by atoms with van der Waals surface area (Å²) in [5.41, 5.74) is 6.18. The second-order valence-corrected chi connectivity index (χ2v) is 9.53. The van der Waals surface area contributed by atoms with Gasteiger partial charge in [-0.2, -0.15) is 5.10 Å². The van der Waals surface area contributed by atoms with E-state index in [1.54, 1.807) is 11.0 Å². The molecule has 0 spiro atoms. The average Bonchev–Trinajstić information content (AvgIpc) is 3.51. The van der Waals surface area contributed by atoms with Crippen LogP contribution in [0, 0.1) is 12.7 Å². The Hall–Kier alpha value is -4.65. The number of fused-ring (bicyclic) bond motifs is 3. The van der Waals surface area contributed by atoms with E-state index in [1.165, 1.54) is 12.1 Å². The maximum atomic E-state index is 14.5. The normalized spacial score (nSPS) is 14.5. The third-order valence-corrected chi connectivity index (χ3v) is 7.03. The standard InChI is InChI=1S/C31H28FN5O/c1-3-27-26-20-36(31(38)33-24-16-14-21(2)15-17-24)29(22-9-7-10-23(32)19-22)28-13-8-18-35(28)30(26)37(34-27)25-11-5-4-6-12-25/h4-19,29H,3,20H2,1-2H3,(H,33,38)/t29-/m1/s1. The number of hydrogen-bond donors (Lipinski definition) is 1. The van der Waals surface area contributed by atoms with Gasteiger partial charge < -0.3 is 14.8 Å². The summed E-state index contributed by atoms with van der Waals surface area (Å²) in [6, 6.07) is 27.4. The van der Waals surface area contributed by atoms with Crippen LogP contribution in [0.15, 0.2) is 97.2 Å². The van der Waals surface area contributed by atoms with Crippen molar-refractivity contribution in [1.29, 1.82) is 0 Å². The predicted octanol–water partition coefficient (Wildman–Crippen LogP) is 6.81. The quantitative estimate of drug-likeness (QED) is 0.292. The highest BCUT2D eigenvalue weighted by Gasteiger charge is 2.36. The van der Waals surface area contributed by atoms with Crippen molar-refractivity contribution in [2.75, 3.05) is 5.32 Å². The van der Waals surface area contributed by atoms with Gasteiger partial charge in [0.1, 0.15) is 11.6 Å². The molecule has 0 saturated carbocycles. The van der Waals surface area contributed by atoms with Crippen LogP contribution < -0.4 is 5.32 Å². The molecule has 0 radical (unpaired) electrons. The number of amides is 2. The van der Waals surface area contributed by atoms with E-state index in [2.05, 4.69) is 16.8 Å². The highest BCUT2D eigenvalue weighted by molar-refractivity contribution is 5.90. The van der Waals surface area contributed by atoms with Crippen LogP contribution >= 0.6 is 0 Å². The summed E-state index contributed by atoms with van der Waals surface area (Å²) in [5, 5.41) is 8.05. The predicted molar refractivity (Wildman–Crippen MR) is 146 cm³/mol. The van der Waals surface area contributed by atoms with Crippen molar-refractivity contribution in [2.24, 2.45) is 0 Å². The molecule has 0 aliphatic carbocycles. The smallest absolute Gasteiger partial charge is 0.308 e. The second-order valence-electron chi connectivity index (χ2n) is 9.53. The summed E-state index contributed by atoms with van der Waals surface area (Å²) >= 11 is 0. The fourth-order valence-electron chi connectivity index (χ4n) is 5.21. The van der Waals surface area contributed by atoms with Gasteiger partial charge in [0.15, 0.2) is 0 Å². The van der Waals surface area contributed by atoms with Gasteiger partial charge in [-0.05, 0) is 67.4 Å². The molecule has 1 N–H and O–H groups in total. The third-order valence-electron chi connectivity index (χ3n) is 7.03. The van der Waals surface area contributed by atoms with E-state index >= 15 is 0 Å². The Balaban J connectivity index is 1.55. The van der Waals surface area contributed by atoms with E-state index in [4.69, 9.17) is 5.10 Å². The summed E-state index contributed by atoms with van der Waals surface area (Å²) in [4.78, 5) is 15.8. The van der Waals surface area contributed by atoms with Crippen LogP contribution in [0.1, 0.15) is 41.0 Å². The first-order valence-corrected chi connectivity index (χ1v) is 12.8. The minimum Gasteiger partial charge on any atom is -0.308 e. The summed E-state index contributed by atoms with van der Waals surface area (Å²) in [6.45, 7) is 4.39. The molecule has 38 heavy (non-hydrogen) atoms. The van der Waals surface area contributed by atoms with E-state index in [9.17, 15) is 9.18 Å². The topological polar surface area (TPSA) is 55.1 Å². The van der Waals surface area contributed by atoms with Gasteiger partial charge in [0.05, 0.1) is 29.7 Å². The lowest BCUT2D eigenvalue weighted by atomic mass is 10.0. The minimum atomic E-state index is -0.521. The molecule has 1 atom stereocenters. The summed E-state index contributed by atoms with van der Waals surface area (Å²) in [6.07, 6.45) is 2.69. The van der Waals surface area contributed by atoms with Crippen molar-refractivity contribution in [3.05, 3.63) is 131 Å². The second kappa shape index (κ2) is 9.67. The molecule has 0 fully saturated rings. The van der Waals surface area contributed by atoms with Crippen LogP contribution in [0.4, 0.5) is 14.9 Å². The fraction of sp³-hybridized carbons (Fsp3) is 0.161. The molecule has 1 aliphatic rings. The number of aryl methyl sites for hydroxylation is 2. The zero-order valence-corrected chi connectivity index (χ0v) is 21.3. The van der Waals surface area contributed by atoms with Crippen LogP contribution in [-0.4, -0.2) is 25.3 Å². The Labute approximate surface area is 221 Å². The van der Waals surface area contributed by atoms with E-state index in [-0.39, 0.29) is 11.8 Å². The molecule has 0 bridgehead atoms. The Morgan fingerprint density at radius 1 is 1.00 bits per heavy atom. The molecular formula is C31H28FN5O. The number of nitrogens with one attached hydrogen (secondary N) is 1. The van der Waals surface area contributed by atoms with Gasteiger partial charge in [-0.3, -0.25) is 0 Å². The number of nitrogens with zero attached hydrogens (tertiary/aromatic N) is 4. The van der Waals surface area contributed by atoms with Crippen molar-refractivity contribution < 1.29 is 9.18 Å². The number of carbonyl (C=O) groups excluding carboxylic acids is 1. The zero-order chi connectivity index (χ0) is 26.2. The number of rotatable bonds is 4. The number of halogens is 1. The number of anilines is 1. The van der Waals surface area contributed by atoms with E-state index in [0.717, 1.165) is 34.0 Å². The molecule has 3 aromatic carbocycles. The molecular weight excluding hydrogens is 477 g/mol. The van der Waals surface area contributed by atoms with Gasteiger partial charge in [0.25, 0.3) is 0 Å². The first-order valence-electron chi connectivity index (χ1n) is 12.8. The van der Waals surface area contributed by atoms with Crippen LogP contribution in [-0.2, 0) is 13.0 Å². The fourth-order valence-corrected chi connectivity index (χ4v) is 5.21. The molecule has 2 amide bonds. The van der Waals surface area contributed by atoms with Gasteiger partial charge in [0, 0.05) is 17.4 Å². The maximum Gasteiger partial charge on any atom is 0.322 e. The Morgan fingerprint density at radius 2 is 1.79 bits per heavy atom.